The van der Waals surface area contributed by atoms with Crippen molar-refractivity contribution in [1.82, 2.24) is 20.0 Å². The molecule has 0 spiro atoms. The van der Waals surface area contributed by atoms with E-state index in [9.17, 15) is 4.79 Å². The van der Waals surface area contributed by atoms with Crippen molar-refractivity contribution >= 4 is 11.6 Å². The van der Waals surface area contributed by atoms with Gasteiger partial charge in [0.2, 0.25) is 5.91 Å². The highest BCUT2D eigenvalue weighted by Crippen LogP contribution is 2.23. The number of aryl methyl sites for hydroxylation is 2. The summed E-state index contributed by atoms with van der Waals surface area (Å²) < 4.78 is 1.88. The molecule has 2 heterocycles. The summed E-state index contributed by atoms with van der Waals surface area (Å²) in [5.41, 5.74) is 4.82. The third-order valence-corrected chi connectivity index (χ3v) is 4.41. The van der Waals surface area contributed by atoms with Crippen molar-refractivity contribution in [1.29, 1.82) is 0 Å². The predicted octanol–water partition coefficient (Wildman–Crippen LogP) is 1.64. The van der Waals surface area contributed by atoms with Crippen LogP contribution in [0.2, 0.25) is 0 Å². The van der Waals surface area contributed by atoms with E-state index in [1.807, 2.05) is 30.7 Å². The van der Waals surface area contributed by atoms with Crippen LogP contribution in [0.5, 0.6) is 0 Å². The standard InChI is InChI=1S/C18H25N5O/c1-13-4-6-16(7-5-13)23-15(3)18(14(2)21-23)20-17(24)12-22-10-8-19-9-11-22/h4-7,19H,8-12H2,1-3H3,(H,20,24). The molecule has 1 aromatic heterocycles. The number of hydrogen-bond donors (Lipinski definition) is 2. The predicted molar refractivity (Wildman–Crippen MR) is 95.7 cm³/mol. The van der Waals surface area contributed by atoms with Crippen LogP contribution >= 0.6 is 0 Å². The average Bonchev–Trinajstić information content (AvgIpc) is 2.85. The molecule has 2 aromatic rings. The molecule has 0 aliphatic carbocycles. The van der Waals surface area contributed by atoms with Crippen molar-refractivity contribution in [3.05, 3.63) is 41.2 Å². The molecule has 2 N–H and O–H groups in total. The fraction of sp³-hybridized carbons (Fsp3) is 0.444. The smallest absolute Gasteiger partial charge is 0.238 e. The Labute approximate surface area is 142 Å². The lowest BCUT2D eigenvalue weighted by Gasteiger charge is -2.26. The fourth-order valence-corrected chi connectivity index (χ4v) is 3.01. The fourth-order valence-electron chi connectivity index (χ4n) is 3.01. The van der Waals surface area contributed by atoms with Gasteiger partial charge in [-0.3, -0.25) is 9.69 Å². The molecule has 1 saturated heterocycles. The van der Waals surface area contributed by atoms with Crippen molar-refractivity contribution in [3.8, 4) is 5.69 Å². The first-order valence-corrected chi connectivity index (χ1v) is 8.41. The molecule has 0 radical (unpaired) electrons. The number of carbonyl (C=O) groups excluding carboxylic acids is 1. The van der Waals surface area contributed by atoms with Crippen LogP contribution in [0.15, 0.2) is 24.3 Å². The first kappa shape index (κ1) is 16.7. The van der Waals surface area contributed by atoms with Gasteiger partial charge in [-0.05, 0) is 32.9 Å². The Kier molecular flexibility index (Phi) is 4.97. The van der Waals surface area contributed by atoms with Gasteiger partial charge in [0.05, 0.1) is 29.3 Å². The number of benzene rings is 1. The minimum atomic E-state index is 0.0200. The number of nitrogens with one attached hydrogen (secondary N) is 2. The monoisotopic (exact) mass is 327 g/mol. The van der Waals surface area contributed by atoms with Gasteiger partial charge in [0.15, 0.2) is 0 Å². The second-order valence-electron chi connectivity index (χ2n) is 6.37. The molecule has 0 unspecified atom stereocenters. The summed E-state index contributed by atoms with van der Waals surface area (Å²) in [4.78, 5) is 14.5. The van der Waals surface area contributed by atoms with Crippen molar-refractivity contribution in [2.24, 2.45) is 0 Å². The zero-order valence-corrected chi connectivity index (χ0v) is 14.6. The molecule has 1 amide bonds. The Morgan fingerprint density at radius 2 is 1.83 bits per heavy atom. The Morgan fingerprint density at radius 3 is 2.50 bits per heavy atom. The first-order chi connectivity index (χ1) is 11.5. The Balaban J connectivity index is 1.74. The van der Waals surface area contributed by atoms with Gasteiger partial charge >= 0.3 is 0 Å². The number of aromatic nitrogens is 2. The second kappa shape index (κ2) is 7.15. The van der Waals surface area contributed by atoms with Gasteiger partial charge in [-0.25, -0.2) is 4.68 Å². The number of nitrogens with zero attached hydrogens (tertiary/aromatic N) is 3. The molecule has 1 fully saturated rings. The summed E-state index contributed by atoms with van der Waals surface area (Å²) in [7, 11) is 0. The van der Waals surface area contributed by atoms with Gasteiger partial charge in [0.1, 0.15) is 0 Å². The topological polar surface area (TPSA) is 62.2 Å². The van der Waals surface area contributed by atoms with E-state index in [0.717, 1.165) is 48.9 Å². The van der Waals surface area contributed by atoms with E-state index >= 15 is 0 Å². The molecule has 1 aliphatic heterocycles. The zero-order valence-electron chi connectivity index (χ0n) is 14.6. The van der Waals surface area contributed by atoms with Crippen LogP contribution in [-0.2, 0) is 4.79 Å². The van der Waals surface area contributed by atoms with Crippen LogP contribution in [0.3, 0.4) is 0 Å². The van der Waals surface area contributed by atoms with Crippen LogP contribution in [0.25, 0.3) is 5.69 Å². The minimum absolute atomic E-state index is 0.0200. The maximum atomic E-state index is 12.4. The maximum Gasteiger partial charge on any atom is 0.238 e. The number of rotatable bonds is 4. The average molecular weight is 327 g/mol. The Bertz CT molecular complexity index is 714. The molecular weight excluding hydrogens is 302 g/mol. The normalized spacial score (nSPS) is 15.5. The highest BCUT2D eigenvalue weighted by atomic mass is 16.2. The molecule has 0 atom stereocenters. The lowest BCUT2D eigenvalue weighted by Crippen LogP contribution is -2.46. The molecule has 0 saturated carbocycles. The summed E-state index contributed by atoms with van der Waals surface area (Å²) in [6, 6.07) is 8.21. The third kappa shape index (κ3) is 3.66. The lowest BCUT2D eigenvalue weighted by atomic mass is 10.2. The summed E-state index contributed by atoms with van der Waals surface area (Å²) in [6.07, 6.45) is 0. The maximum absolute atomic E-state index is 12.4. The van der Waals surface area contributed by atoms with E-state index in [0.29, 0.717) is 6.54 Å². The highest BCUT2D eigenvalue weighted by molar-refractivity contribution is 5.93. The number of anilines is 1. The van der Waals surface area contributed by atoms with Crippen LogP contribution < -0.4 is 10.6 Å². The molecular formula is C18H25N5O. The highest BCUT2D eigenvalue weighted by Gasteiger charge is 2.18. The molecule has 24 heavy (non-hydrogen) atoms. The lowest BCUT2D eigenvalue weighted by molar-refractivity contribution is -0.117. The van der Waals surface area contributed by atoms with Gasteiger partial charge in [-0.1, -0.05) is 17.7 Å². The van der Waals surface area contributed by atoms with Crippen LogP contribution in [-0.4, -0.2) is 53.3 Å². The van der Waals surface area contributed by atoms with Crippen molar-refractivity contribution in [2.45, 2.75) is 20.8 Å². The number of amides is 1. The summed E-state index contributed by atoms with van der Waals surface area (Å²) in [6.45, 7) is 10.1. The van der Waals surface area contributed by atoms with Crippen LogP contribution in [0.1, 0.15) is 17.0 Å². The Hall–Kier alpha value is -2.18. The Morgan fingerprint density at radius 1 is 1.17 bits per heavy atom. The van der Waals surface area contributed by atoms with E-state index in [1.165, 1.54) is 5.56 Å². The van der Waals surface area contributed by atoms with Gasteiger partial charge in [-0.15, -0.1) is 0 Å². The molecule has 1 aliphatic rings. The SMILES string of the molecule is Cc1ccc(-n2nc(C)c(NC(=O)CN3CCNCC3)c2C)cc1. The summed E-state index contributed by atoms with van der Waals surface area (Å²) >= 11 is 0. The molecule has 0 bridgehead atoms. The molecule has 3 rings (SSSR count). The van der Waals surface area contributed by atoms with Crippen molar-refractivity contribution in [3.63, 3.8) is 0 Å². The van der Waals surface area contributed by atoms with Gasteiger partial charge in [-0.2, -0.15) is 5.10 Å². The van der Waals surface area contributed by atoms with Crippen molar-refractivity contribution < 1.29 is 4.79 Å². The van der Waals surface area contributed by atoms with E-state index in [1.54, 1.807) is 0 Å². The van der Waals surface area contributed by atoms with E-state index in [4.69, 9.17) is 0 Å². The minimum Gasteiger partial charge on any atom is -0.322 e. The first-order valence-electron chi connectivity index (χ1n) is 8.41. The zero-order chi connectivity index (χ0) is 17.1. The van der Waals surface area contributed by atoms with Gasteiger partial charge in [0.25, 0.3) is 0 Å². The van der Waals surface area contributed by atoms with Gasteiger partial charge in [0, 0.05) is 26.2 Å². The third-order valence-electron chi connectivity index (χ3n) is 4.41. The van der Waals surface area contributed by atoms with Crippen LogP contribution in [0, 0.1) is 20.8 Å². The van der Waals surface area contributed by atoms with Crippen molar-refractivity contribution in [2.75, 3.05) is 38.0 Å². The van der Waals surface area contributed by atoms with E-state index < -0.39 is 0 Å². The van der Waals surface area contributed by atoms with E-state index in [-0.39, 0.29) is 5.91 Å². The molecule has 6 heteroatoms. The number of hydrogen-bond acceptors (Lipinski definition) is 4. The second-order valence-corrected chi connectivity index (χ2v) is 6.37. The molecule has 6 nitrogen and oxygen atoms in total. The molecule has 1 aromatic carbocycles. The number of piperazine rings is 1. The number of carbonyl (C=O) groups is 1. The summed E-state index contributed by atoms with van der Waals surface area (Å²) in [5.74, 6) is 0.0200. The van der Waals surface area contributed by atoms with Crippen LogP contribution in [0.4, 0.5) is 5.69 Å². The van der Waals surface area contributed by atoms with Gasteiger partial charge < -0.3 is 10.6 Å². The quantitative estimate of drug-likeness (QED) is 0.896. The van der Waals surface area contributed by atoms with E-state index in [2.05, 4.69) is 39.7 Å². The largest absolute Gasteiger partial charge is 0.322 e. The molecule has 128 valence electrons. The summed E-state index contributed by atoms with van der Waals surface area (Å²) in [5, 5.41) is 10.9.